The van der Waals surface area contributed by atoms with Gasteiger partial charge in [0.25, 0.3) is 0 Å². The van der Waals surface area contributed by atoms with Crippen LogP contribution in [0.2, 0.25) is 0 Å². The fourth-order valence-electron chi connectivity index (χ4n) is 17.8. The molecule has 0 fully saturated rings. The largest absolute Gasteiger partial charge is 0.507 e. The van der Waals surface area contributed by atoms with Crippen LogP contribution >= 0.6 is 0 Å². The van der Waals surface area contributed by atoms with E-state index < -0.39 is 16.2 Å². The van der Waals surface area contributed by atoms with Crippen LogP contribution in [0.4, 0.5) is 17.1 Å². The Balaban J connectivity index is 0.856. The molecule has 0 aromatic heterocycles. The summed E-state index contributed by atoms with van der Waals surface area (Å²) in [6.45, 7) is 2.27. The van der Waals surface area contributed by atoms with Gasteiger partial charge >= 0.3 is 0 Å². The van der Waals surface area contributed by atoms with Crippen LogP contribution in [0.3, 0.4) is 0 Å². The summed E-state index contributed by atoms with van der Waals surface area (Å²) >= 11 is 0. The first-order chi connectivity index (χ1) is 45.5. The number of fused-ring (bicyclic) bond motifs is 18. The molecule has 0 radical (unpaired) electrons. The third-order valence-corrected chi connectivity index (χ3v) is 21.4. The van der Waals surface area contributed by atoms with E-state index in [-0.39, 0.29) is 0 Å². The van der Waals surface area contributed by atoms with Gasteiger partial charge in [0, 0.05) is 27.9 Å². The lowest BCUT2D eigenvalue weighted by molar-refractivity contribution is 0.467. The molecule has 2 heteroatoms. The number of aryl methyl sites for hydroxylation is 1. The van der Waals surface area contributed by atoms with Gasteiger partial charge in [-0.2, -0.15) is 0 Å². The molecule has 0 bridgehead atoms. The third-order valence-electron chi connectivity index (χ3n) is 21.4. The number of phenols is 1. The highest BCUT2D eigenvalue weighted by atomic mass is 16.3. The molecule has 1 N–H and O–H groups in total. The van der Waals surface area contributed by atoms with Gasteiger partial charge < -0.3 is 10.0 Å². The maximum Gasteiger partial charge on any atom is 0.128 e. The second kappa shape index (κ2) is 19.7. The number of aromatic hydroxyl groups is 1. The van der Waals surface area contributed by atoms with Gasteiger partial charge in [-0.3, -0.25) is 0 Å². The highest BCUT2D eigenvalue weighted by Crippen LogP contribution is 2.66. The minimum atomic E-state index is -0.870. The SMILES string of the molecule is Cc1c(C2(c3ccc4ccccc4c3O)c3ccccc3-c3c(-c4ccc(N(c5ccc6c(c5)C(c5ccccc5)(c5ccccc5)c5ccccc5-6)c5cccc6c5-c5ccccc5C65c6ccccc6-c6ccccc65)cc4)cccc32)ccc2ccccc12. The lowest BCUT2D eigenvalue weighted by Crippen LogP contribution is -2.30. The number of nitrogens with zero attached hydrogens (tertiary/aromatic N) is 1. The van der Waals surface area contributed by atoms with Gasteiger partial charge in [0.1, 0.15) is 5.75 Å². The molecule has 1 unspecified atom stereocenters. The molecule has 0 saturated heterocycles. The van der Waals surface area contributed by atoms with Crippen molar-refractivity contribution in [3.8, 4) is 61.4 Å². The van der Waals surface area contributed by atoms with E-state index >= 15 is 0 Å². The van der Waals surface area contributed by atoms with Gasteiger partial charge in [-0.1, -0.05) is 303 Å². The van der Waals surface area contributed by atoms with E-state index in [1.54, 1.807) is 0 Å². The van der Waals surface area contributed by atoms with Crippen LogP contribution < -0.4 is 4.90 Å². The first-order valence-electron chi connectivity index (χ1n) is 32.1. The van der Waals surface area contributed by atoms with Crippen LogP contribution in [0.5, 0.6) is 5.75 Å². The van der Waals surface area contributed by atoms with E-state index in [9.17, 15) is 5.11 Å². The molecule has 15 aromatic rings. The Morgan fingerprint density at radius 1 is 0.261 bits per heavy atom. The Morgan fingerprint density at radius 2 is 0.674 bits per heavy atom. The topological polar surface area (TPSA) is 23.5 Å². The fraction of sp³-hybridized carbons (Fsp3) is 0.0444. The van der Waals surface area contributed by atoms with E-state index in [4.69, 9.17) is 0 Å². The monoisotopic (exact) mass is 1170 g/mol. The molecular formula is C90H59NO. The highest BCUT2D eigenvalue weighted by molar-refractivity contribution is 6.04. The number of anilines is 3. The Kier molecular flexibility index (Phi) is 11.2. The summed E-state index contributed by atoms with van der Waals surface area (Å²) in [5.41, 5.74) is 29.0. The molecule has 430 valence electrons. The summed E-state index contributed by atoms with van der Waals surface area (Å²) in [5.74, 6) is 0.302. The minimum Gasteiger partial charge on any atom is -0.507 e. The van der Waals surface area contributed by atoms with E-state index in [0.717, 1.165) is 66.8 Å². The summed E-state index contributed by atoms with van der Waals surface area (Å²) in [5, 5.41) is 17.2. The van der Waals surface area contributed by atoms with Crippen LogP contribution in [0.15, 0.2) is 334 Å². The molecule has 0 saturated carbocycles. The molecule has 0 heterocycles. The molecule has 0 amide bonds. The van der Waals surface area contributed by atoms with Gasteiger partial charge in [-0.05, 0) is 170 Å². The number of hydrogen-bond acceptors (Lipinski definition) is 2. The maximum atomic E-state index is 12.9. The molecular weight excluding hydrogens is 1110 g/mol. The van der Waals surface area contributed by atoms with Crippen LogP contribution in [0, 0.1) is 6.92 Å². The normalized spacial score (nSPS) is 15.3. The van der Waals surface area contributed by atoms with Crippen molar-refractivity contribution in [3.05, 3.63) is 406 Å². The van der Waals surface area contributed by atoms with Crippen molar-refractivity contribution in [1.29, 1.82) is 0 Å². The van der Waals surface area contributed by atoms with E-state index in [2.05, 4.69) is 333 Å². The molecule has 19 rings (SSSR count). The van der Waals surface area contributed by atoms with Gasteiger partial charge in [-0.15, -0.1) is 0 Å². The third kappa shape index (κ3) is 6.83. The fourth-order valence-corrected chi connectivity index (χ4v) is 17.8. The predicted molar refractivity (Wildman–Crippen MR) is 379 cm³/mol. The summed E-state index contributed by atoms with van der Waals surface area (Å²) in [6, 6.07) is 124. The average molecular weight is 1170 g/mol. The van der Waals surface area contributed by atoms with Crippen molar-refractivity contribution in [2.45, 2.75) is 23.2 Å². The number of benzene rings is 15. The zero-order chi connectivity index (χ0) is 60.9. The van der Waals surface area contributed by atoms with Crippen molar-refractivity contribution in [2.75, 3.05) is 4.90 Å². The van der Waals surface area contributed by atoms with E-state index in [1.807, 2.05) is 12.1 Å². The summed E-state index contributed by atoms with van der Waals surface area (Å²) in [7, 11) is 0. The van der Waals surface area contributed by atoms with Gasteiger partial charge in [0.2, 0.25) is 0 Å². The van der Waals surface area contributed by atoms with E-state index in [1.165, 1.54) is 99.8 Å². The molecule has 15 aromatic carbocycles. The summed E-state index contributed by atoms with van der Waals surface area (Å²) < 4.78 is 0. The number of hydrogen-bond donors (Lipinski definition) is 1. The van der Waals surface area contributed by atoms with Gasteiger partial charge in [0.05, 0.1) is 21.9 Å². The average Bonchev–Trinajstić information content (AvgIpc) is 1.51. The molecule has 2 nitrogen and oxygen atoms in total. The zero-order valence-electron chi connectivity index (χ0n) is 50.6. The predicted octanol–water partition coefficient (Wildman–Crippen LogP) is 22.2. The van der Waals surface area contributed by atoms with Crippen molar-refractivity contribution in [1.82, 2.24) is 0 Å². The number of phenolic OH excluding ortho intramolecular Hbond substituents is 1. The number of rotatable bonds is 8. The van der Waals surface area contributed by atoms with Crippen LogP contribution in [0.1, 0.15) is 72.3 Å². The Hall–Kier alpha value is -11.6. The highest BCUT2D eigenvalue weighted by Gasteiger charge is 2.54. The van der Waals surface area contributed by atoms with E-state index in [0.29, 0.717) is 5.75 Å². The van der Waals surface area contributed by atoms with Crippen LogP contribution in [-0.4, -0.2) is 5.11 Å². The molecule has 4 aliphatic carbocycles. The van der Waals surface area contributed by atoms with Crippen molar-refractivity contribution >= 4 is 38.6 Å². The lowest BCUT2D eigenvalue weighted by atomic mass is 9.65. The molecule has 0 aliphatic heterocycles. The summed E-state index contributed by atoms with van der Waals surface area (Å²) in [6.07, 6.45) is 0. The van der Waals surface area contributed by atoms with Crippen LogP contribution in [-0.2, 0) is 16.2 Å². The zero-order valence-corrected chi connectivity index (χ0v) is 50.6. The van der Waals surface area contributed by atoms with Gasteiger partial charge in [-0.25, -0.2) is 0 Å². The minimum absolute atomic E-state index is 0.302. The molecule has 1 atom stereocenters. The molecule has 92 heavy (non-hydrogen) atoms. The first-order valence-corrected chi connectivity index (χ1v) is 32.1. The Bertz CT molecular complexity index is 5390. The molecule has 4 aliphatic rings. The van der Waals surface area contributed by atoms with Crippen LogP contribution in [0.25, 0.3) is 77.2 Å². The van der Waals surface area contributed by atoms with Crippen molar-refractivity contribution < 1.29 is 5.11 Å². The maximum absolute atomic E-state index is 12.9. The molecule has 1 spiro atoms. The van der Waals surface area contributed by atoms with Crippen molar-refractivity contribution in [2.24, 2.45) is 0 Å². The summed E-state index contributed by atoms with van der Waals surface area (Å²) in [4.78, 5) is 2.55. The van der Waals surface area contributed by atoms with Crippen molar-refractivity contribution in [3.63, 3.8) is 0 Å². The standard InChI is InChI=1S/C90H59NO/c1-57-65-30-10-8-24-58(65)48-54-74(57)89(82-55-49-59-25-9-11-31-67(59)87(82)92)78-41-20-15-35-72(78)85-66(37-22-43-80(85)89)60-46-50-63(51-47-60)91(64-52-53-71-70-34-12-17-38-75(70)88(83(71)56-64,61-26-4-2-5-27-61)62-28-6-3-7-29-62)84-45-23-44-81-86(84)73-36-16-21-42-79(73)90(81)76-39-18-13-32-68(76)69-33-14-19-40-77(69)90/h2-56,92H,1H3. The quantitative estimate of drug-likeness (QED) is 0.164. The Morgan fingerprint density at radius 3 is 1.28 bits per heavy atom. The first kappa shape index (κ1) is 52.4. The second-order valence-electron chi connectivity index (χ2n) is 25.4. The second-order valence-corrected chi connectivity index (χ2v) is 25.4. The lowest BCUT2D eigenvalue weighted by Gasteiger charge is -2.36. The van der Waals surface area contributed by atoms with Gasteiger partial charge in [0.15, 0.2) is 0 Å². The Labute approximate surface area is 535 Å². The smallest absolute Gasteiger partial charge is 0.128 e.